The van der Waals surface area contributed by atoms with Crippen LogP contribution in [0.5, 0.6) is 17.4 Å². The van der Waals surface area contributed by atoms with Crippen LogP contribution in [0.4, 0.5) is 26.3 Å². The van der Waals surface area contributed by atoms with Gasteiger partial charge < -0.3 is 15.2 Å². The van der Waals surface area contributed by atoms with Crippen LogP contribution in [0, 0.1) is 0 Å². The lowest BCUT2D eigenvalue weighted by Gasteiger charge is -2.12. The van der Waals surface area contributed by atoms with Crippen LogP contribution in [0.1, 0.15) is 15.9 Å². The Balaban J connectivity index is 2.26. The van der Waals surface area contributed by atoms with Gasteiger partial charge in [0.05, 0.1) is 5.56 Å². The highest BCUT2D eigenvalue weighted by atomic mass is 19.4. The molecule has 0 radical (unpaired) electrons. The summed E-state index contributed by atoms with van der Waals surface area (Å²) in [6, 6.07) is 4.38. The first-order valence-corrected chi connectivity index (χ1v) is 6.36. The second-order valence-electron chi connectivity index (χ2n) is 4.56. The zero-order chi connectivity index (χ0) is 18.8. The molecule has 1 aromatic heterocycles. The smallest absolute Gasteiger partial charge is 0.438 e. The number of primary amides is 1. The number of aromatic nitrogens is 1. The molecule has 0 bridgehead atoms. The lowest BCUT2D eigenvalue weighted by molar-refractivity contribution is -0.274. The van der Waals surface area contributed by atoms with Crippen molar-refractivity contribution >= 4 is 5.91 Å². The van der Waals surface area contributed by atoms with E-state index in [0.717, 1.165) is 24.3 Å². The molecule has 134 valence electrons. The van der Waals surface area contributed by atoms with Gasteiger partial charge in [0.15, 0.2) is 0 Å². The summed E-state index contributed by atoms with van der Waals surface area (Å²) in [6.45, 7) is 0. The normalized spacial score (nSPS) is 11.9. The van der Waals surface area contributed by atoms with Crippen molar-refractivity contribution in [3.05, 3.63) is 47.7 Å². The van der Waals surface area contributed by atoms with Crippen LogP contribution in [0.25, 0.3) is 0 Å². The minimum Gasteiger partial charge on any atom is -0.438 e. The number of nitrogens with two attached hydrogens (primary N) is 1. The third kappa shape index (κ3) is 4.99. The molecule has 0 saturated carbocycles. The van der Waals surface area contributed by atoms with Crippen molar-refractivity contribution in [2.75, 3.05) is 0 Å². The van der Waals surface area contributed by atoms with Crippen LogP contribution in [0.15, 0.2) is 36.5 Å². The van der Waals surface area contributed by atoms with Crippen molar-refractivity contribution in [2.45, 2.75) is 12.5 Å². The molecule has 1 heterocycles. The Morgan fingerprint density at radius 1 is 1.00 bits per heavy atom. The van der Waals surface area contributed by atoms with Gasteiger partial charge in [0.2, 0.25) is 5.88 Å². The number of carbonyl (C=O) groups is 1. The molecule has 2 rings (SSSR count). The quantitative estimate of drug-likeness (QED) is 0.833. The van der Waals surface area contributed by atoms with Gasteiger partial charge in [-0.2, -0.15) is 13.2 Å². The standard InChI is InChI=1S/C14H8F6N2O3/c15-13(16,17)7-5-10(11(21)23)12(22-6-7)24-8-1-3-9(4-2-8)25-14(18,19)20/h1-6H,(H2,21,23). The SMILES string of the molecule is NC(=O)c1cc(C(F)(F)F)cnc1Oc1ccc(OC(F)(F)F)cc1. The second-order valence-corrected chi connectivity index (χ2v) is 4.56. The Kier molecular flexibility index (Phi) is 4.77. The molecule has 2 aromatic rings. The zero-order valence-corrected chi connectivity index (χ0v) is 12.0. The molecular formula is C14H8F6N2O3. The minimum absolute atomic E-state index is 0.0933. The Hall–Kier alpha value is -2.98. The summed E-state index contributed by atoms with van der Waals surface area (Å²) in [5.74, 6) is -2.37. The number of carbonyl (C=O) groups excluding carboxylic acids is 1. The molecule has 0 atom stereocenters. The molecule has 0 aliphatic carbocycles. The highest BCUT2D eigenvalue weighted by molar-refractivity contribution is 5.95. The van der Waals surface area contributed by atoms with E-state index in [-0.39, 0.29) is 5.75 Å². The van der Waals surface area contributed by atoms with Gasteiger partial charge in [-0.15, -0.1) is 13.2 Å². The van der Waals surface area contributed by atoms with E-state index in [1.807, 2.05) is 0 Å². The van der Waals surface area contributed by atoms with Gasteiger partial charge in [0.25, 0.3) is 5.91 Å². The molecule has 11 heteroatoms. The summed E-state index contributed by atoms with van der Waals surface area (Å²) < 4.78 is 82.8. The number of hydrogen-bond acceptors (Lipinski definition) is 4. The fourth-order valence-corrected chi connectivity index (χ4v) is 1.69. The molecule has 1 aromatic carbocycles. The van der Waals surface area contributed by atoms with Crippen molar-refractivity contribution in [2.24, 2.45) is 5.73 Å². The maximum absolute atomic E-state index is 12.6. The average molecular weight is 366 g/mol. The molecule has 0 saturated heterocycles. The monoisotopic (exact) mass is 366 g/mol. The van der Waals surface area contributed by atoms with Gasteiger partial charge in [-0.05, 0) is 30.3 Å². The second kappa shape index (κ2) is 6.49. The summed E-state index contributed by atoms with van der Waals surface area (Å²) in [4.78, 5) is 14.7. The van der Waals surface area contributed by atoms with Crippen LogP contribution in [-0.2, 0) is 6.18 Å². The molecule has 0 aliphatic heterocycles. The summed E-state index contributed by atoms with van der Waals surface area (Å²) >= 11 is 0. The van der Waals surface area contributed by atoms with Crippen LogP contribution < -0.4 is 15.2 Å². The molecule has 0 spiro atoms. The summed E-state index contributed by atoms with van der Waals surface area (Å²) in [5.41, 5.74) is 3.16. The fourth-order valence-electron chi connectivity index (χ4n) is 1.69. The third-order valence-corrected chi connectivity index (χ3v) is 2.72. The number of ether oxygens (including phenoxy) is 2. The predicted octanol–water partition coefficient (Wildman–Crippen LogP) is 3.89. The predicted molar refractivity (Wildman–Crippen MR) is 71.0 cm³/mol. The number of amides is 1. The summed E-state index contributed by atoms with van der Waals surface area (Å²) in [5, 5.41) is 0. The number of pyridine rings is 1. The van der Waals surface area contributed by atoms with Crippen molar-refractivity contribution < 1.29 is 40.6 Å². The van der Waals surface area contributed by atoms with E-state index in [1.54, 1.807) is 0 Å². The van der Waals surface area contributed by atoms with E-state index in [9.17, 15) is 31.1 Å². The highest BCUT2D eigenvalue weighted by Crippen LogP contribution is 2.33. The number of alkyl halides is 6. The van der Waals surface area contributed by atoms with Crippen molar-refractivity contribution in [1.29, 1.82) is 0 Å². The van der Waals surface area contributed by atoms with Gasteiger partial charge in [-0.1, -0.05) is 0 Å². The Morgan fingerprint density at radius 3 is 2.04 bits per heavy atom. The number of hydrogen-bond donors (Lipinski definition) is 1. The van der Waals surface area contributed by atoms with Gasteiger partial charge in [-0.25, -0.2) is 4.98 Å². The fraction of sp³-hybridized carbons (Fsp3) is 0.143. The van der Waals surface area contributed by atoms with Crippen LogP contribution >= 0.6 is 0 Å². The first-order chi connectivity index (χ1) is 11.5. The lowest BCUT2D eigenvalue weighted by atomic mass is 10.2. The first-order valence-electron chi connectivity index (χ1n) is 6.36. The number of benzene rings is 1. The number of nitrogens with zero attached hydrogens (tertiary/aromatic N) is 1. The topological polar surface area (TPSA) is 74.4 Å². The van der Waals surface area contributed by atoms with Gasteiger partial charge >= 0.3 is 12.5 Å². The van der Waals surface area contributed by atoms with Crippen LogP contribution in [0.2, 0.25) is 0 Å². The van der Waals surface area contributed by atoms with Gasteiger partial charge in [0.1, 0.15) is 17.1 Å². The van der Waals surface area contributed by atoms with Crippen LogP contribution in [0.3, 0.4) is 0 Å². The molecule has 25 heavy (non-hydrogen) atoms. The van der Waals surface area contributed by atoms with E-state index < -0.39 is 41.2 Å². The lowest BCUT2D eigenvalue weighted by Crippen LogP contribution is -2.17. The first kappa shape index (κ1) is 18.4. The van der Waals surface area contributed by atoms with Crippen molar-refractivity contribution in [3.8, 4) is 17.4 Å². The van der Waals surface area contributed by atoms with Gasteiger partial charge in [0, 0.05) is 6.20 Å². The molecule has 0 unspecified atom stereocenters. The Labute approximate surface area is 136 Å². The van der Waals surface area contributed by atoms with Crippen molar-refractivity contribution in [1.82, 2.24) is 4.98 Å². The Bertz CT molecular complexity index is 772. The largest absolute Gasteiger partial charge is 0.573 e. The summed E-state index contributed by atoms with van der Waals surface area (Å²) in [7, 11) is 0. The molecule has 1 amide bonds. The average Bonchev–Trinajstić information content (AvgIpc) is 2.47. The van der Waals surface area contributed by atoms with E-state index in [0.29, 0.717) is 12.3 Å². The molecule has 0 aliphatic rings. The third-order valence-electron chi connectivity index (χ3n) is 2.72. The van der Waals surface area contributed by atoms with E-state index in [1.165, 1.54) is 0 Å². The van der Waals surface area contributed by atoms with E-state index >= 15 is 0 Å². The minimum atomic E-state index is -4.88. The highest BCUT2D eigenvalue weighted by Gasteiger charge is 2.33. The van der Waals surface area contributed by atoms with Crippen molar-refractivity contribution in [3.63, 3.8) is 0 Å². The molecular weight excluding hydrogens is 358 g/mol. The molecule has 2 N–H and O–H groups in total. The zero-order valence-electron chi connectivity index (χ0n) is 12.0. The summed E-state index contributed by atoms with van der Waals surface area (Å²) in [6.07, 6.45) is -9.19. The van der Waals surface area contributed by atoms with E-state index in [2.05, 4.69) is 9.72 Å². The van der Waals surface area contributed by atoms with E-state index in [4.69, 9.17) is 10.5 Å². The molecule has 0 fully saturated rings. The maximum atomic E-state index is 12.6. The van der Waals surface area contributed by atoms with Gasteiger partial charge in [-0.3, -0.25) is 4.79 Å². The Morgan fingerprint density at radius 2 is 1.56 bits per heavy atom. The number of halogens is 6. The maximum Gasteiger partial charge on any atom is 0.573 e. The van der Waals surface area contributed by atoms with Crippen LogP contribution in [-0.4, -0.2) is 17.3 Å². The number of rotatable bonds is 4. The molecule has 5 nitrogen and oxygen atoms in total.